The number of hydrogen-bond acceptors (Lipinski definition) is 7. The van der Waals surface area contributed by atoms with Gasteiger partial charge in [0.25, 0.3) is 0 Å². The number of allylic oxidation sites excluding steroid dienone is 1. The van der Waals surface area contributed by atoms with E-state index < -0.39 is 18.2 Å². The minimum atomic E-state index is -1.11. The van der Waals surface area contributed by atoms with Crippen molar-refractivity contribution in [1.82, 2.24) is 10.2 Å². The first-order valence-electron chi connectivity index (χ1n) is 13.0. The molecule has 0 saturated heterocycles. The van der Waals surface area contributed by atoms with Gasteiger partial charge in [-0.3, -0.25) is 14.4 Å². The summed E-state index contributed by atoms with van der Waals surface area (Å²) < 4.78 is 12.3. The van der Waals surface area contributed by atoms with Crippen molar-refractivity contribution >= 4 is 40.7 Å². The van der Waals surface area contributed by atoms with Crippen LogP contribution in [-0.2, 0) is 9.59 Å². The van der Waals surface area contributed by atoms with Gasteiger partial charge in [-0.1, -0.05) is 6.08 Å². The van der Waals surface area contributed by atoms with Gasteiger partial charge in [0.1, 0.15) is 18.5 Å². The number of ether oxygens (including phenoxy) is 2. The van der Waals surface area contributed by atoms with Crippen LogP contribution in [0.25, 0.3) is 0 Å². The number of rotatable bonds is 15. The number of nitrogens with zero attached hydrogens (tertiary/aromatic N) is 1. The quantitative estimate of drug-likeness (QED) is 0.117. The Morgan fingerprint density at radius 2 is 2.05 bits per heavy atom. The molecule has 0 bridgehead atoms. The monoisotopic (exact) mass is 640 g/mol. The van der Waals surface area contributed by atoms with E-state index in [-0.39, 0.29) is 31.4 Å². The standard InChI is InChI=1S/C28H37IN2O7/c1-3-4-5-6-7-25(34)31(16-18-8-9-18)22-14-20(28(36)30-10-11-32)15-23(26(22)35)38-27-21(29)12-19(17-33)13-24(27)37-2/h3,12-13,15,17-18,22-23,26,32,35H,1,4-11,14,16H2,2H3,(H,30,36)/t22-,23+,26+/m1/s1. The van der Waals surface area contributed by atoms with Crippen molar-refractivity contribution < 1.29 is 34.1 Å². The highest BCUT2D eigenvalue weighted by atomic mass is 127. The zero-order valence-electron chi connectivity index (χ0n) is 21.7. The van der Waals surface area contributed by atoms with Gasteiger partial charge in [-0.15, -0.1) is 6.58 Å². The molecule has 1 saturated carbocycles. The fraction of sp³-hybridized carbons (Fsp3) is 0.536. The molecule has 0 spiro atoms. The molecule has 3 atom stereocenters. The van der Waals surface area contributed by atoms with Crippen molar-refractivity contribution in [2.24, 2.45) is 5.92 Å². The normalized spacial score (nSPS) is 20.7. The molecule has 10 heteroatoms. The number of nitrogens with one attached hydrogen (secondary N) is 1. The van der Waals surface area contributed by atoms with Crippen LogP contribution in [0, 0.1) is 9.49 Å². The van der Waals surface area contributed by atoms with Gasteiger partial charge in [0.15, 0.2) is 11.5 Å². The smallest absolute Gasteiger partial charge is 0.247 e. The predicted molar refractivity (Wildman–Crippen MR) is 151 cm³/mol. The molecule has 2 amide bonds. The summed E-state index contributed by atoms with van der Waals surface area (Å²) in [6.45, 7) is 4.13. The van der Waals surface area contributed by atoms with Crippen molar-refractivity contribution in [2.45, 2.75) is 63.2 Å². The van der Waals surface area contributed by atoms with E-state index in [0.29, 0.717) is 57.8 Å². The van der Waals surface area contributed by atoms with Gasteiger partial charge in [0.05, 0.1) is 23.3 Å². The zero-order chi connectivity index (χ0) is 27.7. The number of benzene rings is 1. The highest BCUT2D eigenvalue weighted by Crippen LogP contribution is 2.38. The second kappa shape index (κ2) is 14.6. The summed E-state index contributed by atoms with van der Waals surface area (Å²) in [7, 11) is 1.46. The molecule has 0 radical (unpaired) electrons. The maximum atomic E-state index is 13.4. The van der Waals surface area contributed by atoms with Crippen LogP contribution in [0.5, 0.6) is 11.5 Å². The SMILES string of the molecule is C=CCCCCC(=O)N(CC1CC1)[C@@H]1CC(C(=O)NCCO)=C[C@H](Oc2c(I)cc(C=O)cc2OC)[C@H]1O. The van der Waals surface area contributed by atoms with E-state index in [1.54, 1.807) is 23.1 Å². The maximum absolute atomic E-state index is 13.4. The predicted octanol–water partition coefficient (Wildman–Crippen LogP) is 3.01. The Labute approximate surface area is 237 Å². The summed E-state index contributed by atoms with van der Waals surface area (Å²) in [6, 6.07) is 2.52. The molecule has 9 nitrogen and oxygen atoms in total. The third-order valence-corrected chi connectivity index (χ3v) is 7.58. The van der Waals surface area contributed by atoms with Gasteiger partial charge >= 0.3 is 0 Å². The van der Waals surface area contributed by atoms with Crippen molar-refractivity contribution in [3.8, 4) is 11.5 Å². The molecule has 1 fully saturated rings. The van der Waals surface area contributed by atoms with Gasteiger partial charge in [-0.25, -0.2) is 0 Å². The van der Waals surface area contributed by atoms with Gasteiger partial charge in [0, 0.05) is 37.1 Å². The van der Waals surface area contributed by atoms with E-state index in [0.717, 1.165) is 25.7 Å². The van der Waals surface area contributed by atoms with E-state index in [1.165, 1.54) is 7.11 Å². The van der Waals surface area contributed by atoms with Gasteiger partial charge in [-0.2, -0.15) is 0 Å². The highest BCUT2D eigenvalue weighted by molar-refractivity contribution is 14.1. The molecule has 0 aromatic heterocycles. The van der Waals surface area contributed by atoms with Crippen LogP contribution in [0.3, 0.4) is 0 Å². The third kappa shape index (κ3) is 8.03. The first-order valence-corrected chi connectivity index (χ1v) is 14.1. The molecule has 2 aliphatic rings. The number of halogens is 1. The summed E-state index contributed by atoms with van der Waals surface area (Å²) in [6.07, 6.45) is 7.03. The van der Waals surface area contributed by atoms with Crippen LogP contribution in [0.2, 0.25) is 0 Å². The molecule has 3 N–H and O–H groups in total. The highest BCUT2D eigenvalue weighted by Gasteiger charge is 2.42. The molecule has 3 rings (SSSR count). The van der Waals surface area contributed by atoms with Crippen LogP contribution >= 0.6 is 22.6 Å². The molecule has 0 heterocycles. The van der Waals surface area contributed by atoms with E-state index in [4.69, 9.17) is 9.47 Å². The van der Waals surface area contributed by atoms with Crippen LogP contribution in [0.15, 0.2) is 36.4 Å². The van der Waals surface area contributed by atoms with E-state index in [2.05, 4.69) is 11.9 Å². The number of methoxy groups -OCH3 is 1. The van der Waals surface area contributed by atoms with Gasteiger partial charge < -0.3 is 29.9 Å². The molecule has 38 heavy (non-hydrogen) atoms. The average Bonchev–Trinajstić information content (AvgIpc) is 3.74. The van der Waals surface area contributed by atoms with Crippen molar-refractivity contribution in [2.75, 3.05) is 26.8 Å². The minimum absolute atomic E-state index is 0.0525. The lowest BCUT2D eigenvalue weighted by atomic mass is 9.87. The Morgan fingerprint density at radius 3 is 2.68 bits per heavy atom. The summed E-state index contributed by atoms with van der Waals surface area (Å²) in [5, 5.41) is 23.4. The number of hydrogen-bond donors (Lipinski definition) is 3. The third-order valence-electron chi connectivity index (χ3n) is 6.78. The Balaban J connectivity index is 1.93. The lowest BCUT2D eigenvalue weighted by molar-refractivity contribution is -0.139. The molecule has 0 aliphatic heterocycles. The fourth-order valence-corrected chi connectivity index (χ4v) is 5.30. The molecule has 0 unspecified atom stereocenters. The van der Waals surface area contributed by atoms with E-state index >= 15 is 0 Å². The molecular formula is C28H37IN2O7. The summed E-state index contributed by atoms with van der Waals surface area (Å²) in [5.41, 5.74) is 0.787. The number of amides is 2. The molecule has 1 aromatic rings. The molecule has 1 aromatic carbocycles. The van der Waals surface area contributed by atoms with Crippen LogP contribution in [0.1, 0.15) is 55.3 Å². The van der Waals surface area contributed by atoms with Crippen LogP contribution in [0.4, 0.5) is 0 Å². The van der Waals surface area contributed by atoms with Gasteiger partial charge in [0.2, 0.25) is 11.8 Å². The molecular weight excluding hydrogens is 603 g/mol. The maximum Gasteiger partial charge on any atom is 0.247 e. The summed E-state index contributed by atoms with van der Waals surface area (Å²) in [5.74, 6) is 0.601. The summed E-state index contributed by atoms with van der Waals surface area (Å²) >= 11 is 2.03. The van der Waals surface area contributed by atoms with E-state index in [9.17, 15) is 24.6 Å². The van der Waals surface area contributed by atoms with Crippen molar-refractivity contribution in [3.63, 3.8) is 0 Å². The fourth-order valence-electron chi connectivity index (χ4n) is 4.55. The molecule has 2 aliphatic carbocycles. The van der Waals surface area contributed by atoms with Crippen LogP contribution < -0.4 is 14.8 Å². The lowest BCUT2D eigenvalue weighted by Gasteiger charge is -2.41. The number of unbranched alkanes of at least 4 members (excludes halogenated alkanes) is 2. The van der Waals surface area contributed by atoms with Crippen LogP contribution in [-0.4, -0.2) is 78.3 Å². The van der Waals surface area contributed by atoms with Crippen molar-refractivity contribution in [3.05, 3.63) is 45.6 Å². The first kappa shape index (κ1) is 30.1. The second-order valence-electron chi connectivity index (χ2n) is 9.69. The Bertz CT molecular complexity index is 1040. The number of aldehydes is 1. The van der Waals surface area contributed by atoms with Gasteiger partial charge in [-0.05, 0) is 78.8 Å². The van der Waals surface area contributed by atoms with E-state index in [1.807, 2.05) is 28.7 Å². The Morgan fingerprint density at radius 1 is 1.29 bits per heavy atom. The number of aliphatic hydroxyl groups is 2. The average molecular weight is 641 g/mol. The number of carbonyl (C=O) groups excluding carboxylic acids is 3. The topological polar surface area (TPSA) is 125 Å². The lowest BCUT2D eigenvalue weighted by Crippen LogP contribution is -2.55. The largest absolute Gasteiger partial charge is 0.493 e. The number of aliphatic hydroxyl groups excluding tert-OH is 2. The first-order chi connectivity index (χ1) is 18.3. The number of carbonyl (C=O) groups is 3. The van der Waals surface area contributed by atoms with Crippen molar-refractivity contribution in [1.29, 1.82) is 0 Å². The zero-order valence-corrected chi connectivity index (χ0v) is 23.9. The Hall–Kier alpha value is -2.44. The second-order valence-corrected chi connectivity index (χ2v) is 10.9. The molecule has 208 valence electrons. The Kier molecular flexibility index (Phi) is 11.6. The summed E-state index contributed by atoms with van der Waals surface area (Å²) in [4.78, 5) is 39.4. The minimum Gasteiger partial charge on any atom is -0.493 e.